The molecule has 0 aliphatic carbocycles. The number of hydrogen-bond donors (Lipinski definition) is 1. The maximum absolute atomic E-state index is 12.1. The molecule has 1 N–H and O–H groups in total. The Kier molecular flexibility index (Phi) is 6.19. The monoisotopic (exact) mass is 388 g/mol. The second-order valence-corrected chi connectivity index (χ2v) is 6.65. The lowest BCUT2D eigenvalue weighted by Gasteiger charge is -2.21. The van der Waals surface area contributed by atoms with E-state index < -0.39 is 0 Å². The van der Waals surface area contributed by atoms with Gasteiger partial charge in [0.1, 0.15) is 0 Å². The Labute approximate surface area is 163 Å². The highest BCUT2D eigenvalue weighted by atomic mass is 35.5. The van der Waals surface area contributed by atoms with E-state index >= 15 is 0 Å². The summed E-state index contributed by atoms with van der Waals surface area (Å²) in [5, 5.41) is 3.45. The van der Waals surface area contributed by atoms with Gasteiger partial charge in [-0.1, -0.05) is 35.9 Å². The summed E-state index contributed by atoms with van der Waals surface area (Å²) in [5.41, 5.74) is 1.78. The number of hydrogen-bond acceptors (Lipinski definition) is 4. The summed E-state index contributed by atoms with van der Waals surface area (Å²) in [6, 6.07) is 12.9. The molecular formula is C20H21ClN2O4. The number of fused-ring (bicyclic) bond motifs is 1. The molecule has 0 unspecified atom stereocenters. The molecule has 2 aromatic rings. The Morgan fingerprint density at radius 1 is 1.15 bits per heavy atom. The topological polar surface area (TPSA) is 67.9 Å². The minimum atomic E-state index is -0.133. The van der Waals surface area contributed by atoms with Crippen LogP contribution in [0.3, 0.4) is 0 Å². The van der Waals surface area contributed by atoms with Crippen molar-refractivity contribution >= 4 is 23.4 Å². The van der Waals surface area contributed by atoms with Crippen molar-refractivity contribution in [3.63, 3.8) is 0 Å². The van der Waals surface area contributed by atoms with Gasteiger partial charge < -0.3 is 19.7 Å². The predicted molar refractivity (Wildman–Crippen MR) is 102 cm³/mol. The van der Waals surface area contributed by atoms with Gasteiger partial charge in [0.05, 0.1) is 0 Å². The fraction of sp³-hybridized carbons (Fsp3) is 0.300. The Hall–Kier alpha value is -2.73. The van der Waals surface area contributed by atoms with Gasteiger partial charge in [0.25, 0.3) is 0 Å². The van der Waals surface area contributed by atoms with Crippen LogP contribution < -0.4 is 14.8 Å². The first-order valence-electron chi connectivity index (χ1n) is 8.67. The Morgan fingerprint density at radius 2 is 1.93 bits per heavy atom. The number of nitrogens with one attached hydrogen (secondary N) is 1. The number of ether oxygens (including phenoxy) is 2. The van der Waals surface area contributed by atoms with Gasteiger partial charge in [-0.25, -0.2) is 0 Å². The van der Waals surface area contributed by atoms with Crippen molar-refractivity contribution in [3.05, 3.63) is 58.6 Å². The summed E-state index contributed by atoms with van der Waals surface area (Å²) in [6.07, 6.45) is 0.217. The molecule has 0 radical (unpaired) electrons. The van der Waals surface area contributed by atoms with E-state index in [0.29, 0.717) is 36.2 Å². The second-order valence-electron chi connectivity index (χ2n) is 6.25. The third-order valence-corrected chi connectivity index (χ3v) is 4.67. The Balaban J connectivity index is 1.51. The zero-order chi connectivity index (χ0) is 19.2. The van der Waals surface area contributed by atoms with Crippen LogP contribution in [0, 0.1) is 0 Å². The highest BCUT2D eigenvalue weighted by Crippen LogP contribution is 2.32. The predicted octanol–water partition coefficient (Wildman–Crippen LogP) is 3.12. The third kappa shape index (κ3) is 5.14. The van der Waals surface area contributed by atoms with Crippen LogP contribution in [0.5, 0.6) is 11.5 Å². The lowest BCUT2D eigenvalue weighted by molar-refractivity contribution is -0.130. The summed E-state index contributed by atoms with van der Waals surface area (Å²) in [7, 11) is 0. The van der Waals surface area contributed by atoms with Gasteiger partial charge in [-0.3, -0.25) is 9.59 Å². The lowest BCUT2D eigenvalue weighted by Crippen LogP contribution is -2.33. The van der Waals surface area contributed by atoms with Gasteiger partial charge in [-0.15, -0.1) is 0 Å². The van der Waals surface area contributed by atoms with Crippen LogP contribution in [-0.4, -0.2) is 30.1 Å². The summed E-state index contributed by atoms with van der Waals surface area (Å²) in [4.78, 5) is 25.7. The van der Waals surface area contributed by atoms with Crippen molar-refractivity contribution in [2.45, 2.75) is 26.4 Å². The van der Waals surface area contributed by atoms with E-state index in [1.165, 1.54) is 6.92 Å². The number of rotatable bonds is 7. The highest BCUT2D eigenvalue weighted by molar-refractivity contribution is 6.31. The SMILES string of the molecule is CC(=O)N(CCC(=O)NCc1ccccc1Cl)Cc1ccc2c(c1)OCO2. The molecule has 1 aliphatic rings. The van der Waals surface area contributed by atoms with Crippen molar-refractivity contribution in [1.82, 2.24) is 10.2 Å². The van der Waals surface area contributed by atoms with Gasteiger partial charge in [-0.05, 0) is 29.3 Å². The molecule has 6 nitrogen and oxygen atoms in total. The van der Waals surface area contributed by atoms with Crippen molar-refractivity contribution in [2.75, 3.05) is 13.3 Å². The number of halogens is 1. The molecule has 0 fully saturated rings. The first kappa shape index (κ1) is 19.0. The molecule has 0 bridgehead atoms. The van der Waals surface area contributed by atoms with Crippen LogP contribution in [0.25, 0.3) is 0 Å². The van der Waals surface area contributed by atoms with E-state index in [9.17, 15) is 9.59 Å². The molecule has 2 amide bonds. The van der Waals surface area contributed by atoms with Crippen LogP contribution in [0.4, 0.5) is 0 Å². The number of amides is 2. The van der Waals surface area contributed by atoms with Gasteiger partial charge >= 0.3 is 0 Å². The van der Waals surface area contributed by atoms with Crippen molar-refractivity contribution in [1.29, 1.82) is 0 Å². The van der Waals surface area contributed by atoms with E-state index in [2.05, 4.69) is 5.32 Å². The second kappa shape index (κ2) is 8.77. The van der Waals surface area contributed by atoms with Crippen molar-refractivity contribution < 1.29 is 19.1 Å². The lowest BCUT2D eigenvalue weighted by atomic mass is 10.2. The Bertz CT molecular complexity index is 840. The molecule has 0 saturated heterocycles. The zero-order valence-electron chi connectivity index (χ0n) is 15.0. The van der Waals surface area contributed by atoms with Crippen LogP contribution >= 0.6 is 11.6 Å². The quantitative estimate of drug-likeness (QED) is 0.791. The van der Waals surface area contributed by atoms with Gasteiger partial charge in [-0.2, -0.15) is 0 Å². The molecule has 1 heterocycles. The Morgan fingerprint density at radius 3 is 2.70 bits per heavy atom. The summed E-state index contributed by atoms with van der Waals surface area (Å²) in [5.74, 6) is 1.15. The molecule has 2 aromatic carbocycles. The van der Waals surface area contributed by atoms with Gasteiger partial charge in [0.15, 0.2) is 11.5 Å². The molecular weight excluding hydrogens is 368 g/mol. The molecule has 3 rings (SSSR count). The zero-order valence-corrected chi connectivity index (χ0v) is 15.8. The van der Waals surface area contributed by atoms with E-state index in [1.807, 2.05) is 36.4 Å². The first-order valence-corrected chi connectivity index (χ1v) is 9.05. The summed E-state index contributed by atoms with van der Waals surface area (Å²) >= 11 is 6.08. The van der Waals surface area contributed by atoms with Crippen LogP contribution in [0.1, 0.15) is 24.5 Å². The van der Waals surface area contributed by atoms with Crippen LogP contribution in [0.15, 0.2) is 42.5 Å². The van der Waals surface area contributed by atoms with Crippen LogP contribution in [0.2, 0.25) is 5.02 Å². The maximum atomic E-state index is 12.1. The average molecular weight is 389 g/mol. The van der Waals surface area contributed by atoms with E-state index in [-0.39, 0.29) is 25.0 Å². The normalized spacial score (nSPS) is 11.9. The standard InChI is InChI=1S/C20H21ClN2O4/c1-14(24)23(12-15-6-7-18-19(10-15)27-13-26-18)9-8-20(25)22-11-16-4-2-3-5-17(16)21/h2-7,10H,8-9,11-13H2,1H3,(H,22,25). The smallest absolute Gasteiger partial charge is 0.231 e. The van der Waals surface area contributed by atoms with Crippen LogP contribution in [-0.2, 0) is 22.7 Å². The van der Waals surface area contributed by atoms with Gasteiger partial charge in [0, 0.05) is 38.0 Å². The van der Waals surface area contributed by atoms with Crippen molar-refractivity contribution in [3.8, 4) is 11.5 Å². The highest BCUT2D eigenvalue weighted by Gasteiger charge is 2.16. The number of carbonyl (C=O) groups excluding carboxylic acids is 2. The van der Waals surface area contributed by atoms with Crippen molar-refractivity contribution in [2.24, 2.45) is 0 Å². The molecule has 7 heteroatoms. The maximum Gasteiger partial charge on any atom is 0.231 e. The third-order valence-electron chi connectivity index (χ3n) is 4.30. The summed E-state index contributed by atoms with van der Waals surface area (Å²) < 4.78 is 10.7. The molecule has 0 aromatic heterocycles. The first-order chi connectivity index (χ1) is 13.0. The molecule has 142 valence electrons. The fourth-order valence-corrected chi connectivity index (χ4v) is 2.97. The largest absolute Gasteiger partial charge is 0.454 e. The minimum absolute atomic E-state index is 0.0911. The minimum Gasteiger partial charge on any atom is -0.454 e. The van der Waals surface area contributed by atoms with E-state index in [0.717, 1.165) is 11.1 Å². The van der Waals surface area contributed by atoms with E-state index in [4.69, 9.17) is 21.1 Å². The molecule has 27 heavy (non-hydrogen) atoms. The molecule has 0 atom stereocenters. The molecule has 1 aliphatic heterocycles. The number of carbonyl (C=O) groups is 2. The molecule has 0 saturated carbocycles. The number of benzene rings is 2. The van der Waals surface area contributed by atoms with Gasteiger partial charge in [0.2, 0.25) is 18.6 Å². The average Bonchev–Trinajstić information content (AvgIpc) is 3.12. The number of nitrogens with zero attached hydrogens (tertiary/aromatic N) is 1. The molecule has 0 spiro atoms. The summed E-state index contributed by atoms with van der Waals surface area (Å²) in [6.45, 7) is 2.80. The van der Waals surface area contributed by atoms with E-state index in [1.54, 1.807) is 11.0 Å². The fourth-order valence-electron chi connectivity index (χ4n) is 2.77.